The Morgan fingerprint density at radius 2 is 1.64 bits per heavy atom. The molecule has 0 heterocycles. The molecule has 0 aromatic heterocycles. The van der Waals surface area contributed by atoms with Crippen molar-refractivity contribution in [3.8, 4) is 11.8 Å². The highest BCUT2D eigenvalue weighted by Crippen LogP contribution is 2.42. The first-order valence-corrected chi connectivity index (χ1v) is 11.8. The monoisotopic (exact) mass is 452 g/mol. The summed E-state index contributed by atoms with van der Waals surface area (Å²) in [5.74, 6) is 0.580. The van der Waals surface area contributed by atoms with Crippen molar-refractivity contribution in [1.29, 1.82) is 0 Å². The van der Waals surface area contributed by atoms with Crippen molar-refractivity contribution in [3.05, 3.63) is 82.4 Å². The van der Waals surface area contributed by atoms with Gasteiger partial charge in [0.15, 0.2) is 23.3 Å². The largest absolute Gasteiger partial charge is 0.204 e. The summed E-state index contributed by atoms with van der Waals surface area (Å²) in [7, 11) is 0. The Balaban J connectivity index is 1.66. The molecular formula is C29H28F4. The smallest absolute Gasteiger partial charge is 0.198 e. The zero-order chi connectivity index (χ0) is 23.5. The molecule has 0 spiro atoms. The molecular weight excluding hydrogens is 424 g/mol. The van der Waals surface area contributed by atoms with E-state index in [0.29, 0.717) is 23.5 Å². The van der Waals surface area contributed by atoms with Crippen LogP contribution in [0.15, 0.2) is 42.5 Å². The SMILES string of the molecule is CCCC1CCCCC1C(C)c1ccc2c(C#Cc3cc(F)c(F)c(F)c3F)cccc2c1. The second-order valence-electron chi connectivity index (χ2n) is 9.17. The molecule has 3 atom stereocenters. The van der Waals surface area contributed by atoms with E-state index in [9.17, 15) is 17.6 Å². The molecule has 3 aromatic rings. The van der Waals surface area contributed by atoms with Crippen LogP contribution in [-0.4, -0.2) is 0 Å². The summed E-state index contributed by atoms with van der Waals surface area (Å²) in [6.45, 7) is 4.58. The Bertz CT molecular complexity index is 1220. The van der Waals surface area contributed by atoms with E-state index in [1.807, 2.05) is 18.2 Å². The van der Waals surface area contributed by atoms with Crippen molar-refractivity contribution in [2.45, 2.75) is 58.3 Å². The Labute approximate surface area is 193 Å². The standard InChI is InChI=1S/C29H28F4/c1-3-7-19-8-4-5-11-24(19)18(2)21-14-15-25-20(9-6-10-22(25)16-21)12-13-23-17-26(30)28(32)29(33)27(23)31/h6,9-10,14-19,24H,3-5,7-8,11H2,1-2H3. The van der Waals surface area contributed by atoms with E-state index in [2.05, 4.69) is 37.8 Å². The number of hydrogen-bond acceptors (Lipinski definition) is 0. The predicted molar refractivity (Wildman–Crippen MR) is 125 cm³/mol. The van der Waals surface area contributed by atoms with Crippen LogP contribution in [0.4, 0.5) is 17.6 Å². The van der Waals surface area contributed by atoms with Crippen molar-refractivity contribution < 1.29 is 17.6 Å². The third-order valence-corrected chi connectivity index (χ3v) is 7.13. The Hall–Kier alpha value is -2.80. The molecule has 1 aliphatic carbocycles. The van der Waals surface area contributed by atoms with Gasteiger partial charge in [-0.05, 0) is 52.6 Å². The second kappa shape index (κ2) is 10.00. The summed E-state index contributed by atoms with van der Waals surface area (Å²) in [6.07, 6.45) is 7.71. The van der Waals surface area contributed by atoms with Gasteiger partial charge in [0.1, 0.15) is 0 Å². The van der Waals surface area contributed by atoms with Gasteiger partial charge in [-0.3, -0.25) is 0 Å². The molecule has 172 valence electrons. The predicted octanol–water partition coefficient (Wildman–Crippen LogP) is 8.51. The van der Waals surface area contributed by atoms with Gasteiger partial charge in [0.05, 0.1) is 5.56 Å². The van der Waals surface area contributed by atoms with E-state index < -0.39 is 28.8 Å². The van der Waals surface area contributed by atoms with E-state index >= 15 is 0 Å². The molecule has 3 aromatic carbocycles. The third kappa shape index (κ3) is 4.78. The molecule has 0 bridgehead atoms. The average Bonchev–Trinajstić information content (AvgIpc) is 2.84. The van der Waals surface area contributed by atoms with Crippen LogP contribution in [0.2, 0.25) is 0 Å². The van der Waals surface area contributed by atoms with Gasteiger partial charge in [-0.15, -0.1) is 0 Å². The first-order chi connectivity index (χ1) is 15.9. The molecule has 4 heteroatoms. The maximum absolute atomic E-state index is 14.0. The first kappa shape index (κ1) is 23.4. The van der Waals surface area contributed by atoms with Crippen LogP contribution in [0.3, 0.4) is 0 Å². The highest BCUT2D eigenvalue weighted by atomic mass is 19.2. The summed E-state index contributed by atoms with van der Waals surface area (Å²) in [4.78, 5) is 0. The molecule has 3 unspecified atom stereocenters. The number of rotatable bonds is 4. The average molecular weight is 453 g/mol. The fraction of sp³-hybridized carbons (Fsp3) is 0.379. The molecule has 4 rings (SSSR count). The normalized spacial score (nSPS) is 19.2. The van der Waals surface area contributed by atoms with Crippen LogP contribution < -0.4 is 0 Å². The lowest BCUT2D eigenvalue weighted by Crippen LogP contribution is -2.24. The summed E-state index contributed by atoms with van der Waals surface area (Å²) >= 11 is 0. The maximum Gasteiger partial charge on any atom is 0.198 e. The number of halogens is 4. The minimum Gasteiger partial charge on any atom is -0.204 e. The highest BCUT2D eigenvalue weighted by molar-refractivity contribution is 5.89. The van der Waals surface area contributed by atoms with Gasteiger partial charge in [0.25, 0.3) is 0 Å². The molecule has 0 nitrogen and oxygen atoms in total. The van der Waals surface area contributed by atoms with Crippen molar-refractivity contribution >= 4 is 10.8 Å². The fourth-order valence-electron chi connectivity index (χ4n) is 5.36. The van der Waals surface area contributed by atoms with Crippen molar-refractivity contribution in [1.82, 2.24) is 0 Å². The molecule has 1 fully saturated rings. The lowest BCUT2D eigenvalue weighted by Gasteiger charge is -2.36. The van der Waals surface area contributed by atoms with Crippen molar-refractivity contribution in [3.63, 3.8) is 0 Å². The van der Waals surface area contributed by atoms with E-state index in [1.54, 1.807) is 6.07 Å². The van der Waals surface area contributed by atoms with Crippen LogP contribution in [-0.2, 0) is 0 Å². The van der Waals surface area contributed by atoms with E-state index in [0.717, 1.165) is 16.7 Å². The van der Waals surface area contributed by atoms with Crippen LogP contribution >= 0.6 is 0 Å². The Morgan fingerprint density at radius 1 is 0.879 bits per heavy atom. The molecule has 0 amide bonds. The lowest BCUT2D eigenvalue weighted by atomic mass is 9.69. The van der Waals surface area contributed by atoms with E-state index in [-0.39, 0.29) is 0 Å². The third-order valence-electron chi connectivity index (χ3n) is 7.13. The topological polar surface area (TPSA) is 0 Å². The maximum atomic E-state index is 14.0. The minimum absolute atomic E-state index is 0.459. The van der Waals surface area contributed by atoms with E-state index in [4.69, 9.17) is 0 Å². The van der Waals surface area contributed by atoms with Gasteiger partial charge in [0, 0.05) is 5.56 Å². The lowest BCUT2D eigenvalue weighted by molar-refractivity contribution is 0.195. The zero-order valence-corrected chi connectivity index (χ0v) is 19.0. The summed E-state index contributed by atoms with van der Waals surface area (Å²) in [6, 6.07) is 12.6. The molecule has 0 N–H and O–H groups in total. The fourth-order valence-corrected chi connectivity index (χ4v) is 5.36. The summed E-state index contributed by atoms with van der Waals surface area (Å²) in [5.41, 5.74) is 1.42. The van der Waals surface area contributed by atoms with Crippen LogP contribution in [0, 0.1) is 46.9 Å². The molecule has 0 radical (unpaired) electrons. The number of fused-ring (bicyclic) bond motifs is 1. The Morgan fingerprint density at radius 3 is 2.42 bits per heavy atom. The number of benzene rings is 3. The second-order valence-corrected chi connectivity index (χ2v) is 9.17. The first-order valence-electron chi connectivity index (χ1n) is 11.8. The molecule has 0 saturated heterocycles. The van der Waals surface area contributed by atoms with Crippen LogP contribution in [0.25, 0.3) is 10.8 Å². The number of hydrogen-bond donors (Lipinski definition) is 0. The van der Waals surface area contributed by atoms with Gasteiger partial charge in [-0.25, -0.2) is 17.6 Å². The van der Waals surface area contributed by atoms with Gasteiger partial charge in [-0.1, -0.05) is 88.1 Å². The van der Waals surface area contributed by atoms with Gasteiger partial charge in [0.2, 0.25) is 0 Å². The van der Waals surface area contributed by atoms with Gasteiger partial charge >= 0.3 is 0 Å². The van der Waals surface area contributed by atoms with Crippen molar-refractivity contribution in [2.24, 2.45) is 11.8 Å². The van der Waals surface area contributed by atoms with Gasteiger partial charge in [-0.2, -0.15) is 0 Å². The van der Waals surface area contributed by atoms with Crippen LogP contribution in [0.5, 0.6) is 0 Å². The molecule has 0 aliphatic heterocycles. The zero-order valence-electron chi connectivity index (χ0n) is 19.0. The summed E-state index contributed by atoms with van der Waals surface area (Å²) < 4.78 is 54.2. The molecule has 1 saturated carbocycles. The van der Waals surface area contributed by atoms with Crippen LogP contribution in [0.1, 0.15) is 75.0 Å². The molecule has 1 aliphatic rings. The highest BCUT2D eigenvalue weighted by Gasteiger charge is 2.29. The Kier molecular flexibility index (Phi) is 7.08. The quantitative estimate of drug-likeness (QED) is 0.161. The summed E-state index contributed by atoms with van der Waals surface area (Å²) in [5, 5.41) is 1.91. The van der Waals surface area contributed by atoms with E-state index in [1.165, 1.54) is 44.1 Å². The van der Waals surface area contributed by atoms with Crippen molar-refractivity contribution in [2.75, 3.05) is 0 Å². The minimum atomic E-state index is -1.85. The molecule has 33 heavy (non-hydrogen) atoms. The van der Waals surface area contributed by atoms with Gasteiger partial charge < -0.3 is 0 Å².